The molecule has 0 saturated carbocycles. The van der Waals surface area contributed by atoms with Crippen LogP contribution in [0.3, 0.4) is 0 Å². The summed E-state index contributed by atoms with van der Waals surface area (Å²) in [5.74, 6) is 1.58. The van der Waals surface area contributed by atoms with Gasteiger partial charge in [0.1, 0.15) is 0 Å². The molecule has 1 aliphatic rings. The first-order valence-electron chi connectivity index (χ1n) is 5.31. The van der Waals surface area contributed by atoms with Crippen molar-refractivity contribution in [2.24, 2.45) is 5.92 Å². The number of terminal acetylenes is 1. The van der Waals surface area contributed by atoms with Crippen molar-refractivity contribution >= 4 is 12.0 Å². The van der Waals surface area contributed by atoms with Crippen molar-refractivity contribution in [2.75, 3.05) is 19.6 Å². The number of urea groups is 1. The van der Waals surface area contributed by atoms with Gasteiger partial charge in [-0.2, -0.15) is 0 Å². The van der Waals surface area contributed by atoms with Crippen LogP contribution in [0.25, 0.3) is 0 Å². The zero-order valence-electron chi connectivity index (χ0n) is 9.11. The molecule has 1 saturated heterocycles. The quantitative estimate of drug-likeness (QED) is 0.686. The summed E-state index contributed by atoms with van der Waals surface area (Å²) in [7, 11) is 0. The molecule has 0 aromatic carbocycles. The van der Waals surface area contributed by atoms with Crippen LogP contribution in [-0.2, 0) is 4.79 Å². The van der Waals surface area contributed by atoms with Crippen LogP contribution in [0.2, 0.25) is 0 Å². The van der Waals surface area contributed by atoms with E-state index in [4.69, 9.17) is 11.5 Å². The third-order valence-electron chi connectivity index (χ3n) is 2.61. The lowest BCUT2D eigenvalue weighted by atomic mass is 9.95. The lowest BCUT2D eigenvalue weighted by molar-refractivity contribution is -0.138. The molecule has 0 aromatic heterocycles. The molecule has 0 spiro atoms. The van der Waals surface area contributed by atoms with Gasteiger partial charge in [0.15, 0.2) is 0 Å². The Hall–Kier alpha value is -1.70. The van der Waals surface area contributed by atoms with Crippen LogP contribution < -0.4 is 5.32 Å². The molecule has 1 atom stereocenters. The number of hydrogen-bond acceptors (Lipinski definition) is 2. The minimum absolute atomic E-state index is 0.0582. The second kappa shape index (κ2) is 6.01. The molecule has 0 aliphatic carbocycles. The molecule has 5 nitrogen and oxygen atoms in total. The zero-order valence-corrected chi connectivity index (χ0v) is 9.11. The van der Waals surface area contributed by atoms with E-state index in [1.807, 2.05) is 0 Å². The van der Waals surface area contributed by atoms with Crippen molar-refractivity contribution < 1.29 is 14.7 Å². The fraction of sp³-hybridized carbons (Fsp3) is 0.636. The van der Waals surface area contributed by atoms with Gasteiger partial charge in [0.05, 0.1) is 6.54 Å². The van der Waals surface area contributed by atoms with E-state index in [0.29, 0.717) is 13.1 Å². The summed E-state index contributed by atoms with van der Waals surface area (Å²) < 4.78 is 0. The molecule has 0 radical (unpaired) electrons. The number of hydrogen-bond donors (Lipinski definition) is 2. The Kier molecular flexibility index (Phi) is 4.65. The van der Waals surface area contributed by atoms with Gasteiger partial charge in [-0.05, 0) is 18.8 Å². The molecule has 5 heteroatoms. The van der Waals surface area contributed by atoms with Crippen molar-refractivity contribution in [3.63, 3.8) is 0 Å². The maximum absolute atomic E-state index is 11.6. The Morgan fingerprint density at radius 1 is 1.56 bits per heavy atom. The summed E-state index contributed by atoms with van der Waals surface area (Å²) >= 11 is 0. The number of carbonyl (C=O) groups excluding carboxylic acids is 1. The molecule has 1 heterocycles. The van der Waals surface area contributed by atoms with Crippen LogP contribution in [0.15, 0.2) is 0 Å². The maximum atomic E-state index is 11.6. The van der Waals surface area contributed by atoms with Crippen LogP contribution in [0, 0.1) is 18.3 Å². The molecule has 1 unspecified atom stereocenters. The van der Waals surface area contributed by atoms with Gasteiger partial charge < -0.3 is 15.3 Å². The number of carbonyl (C=O) groups is 2. The van der Waals surface area contributed by atoms with E-state index in [0.717, 1.165) is 12.8 Å². The lowest BCUT2D eigenvalue weighted by Gasteiger charge is -2.31. The fourth-order valence-electron chi connectivity index (χ4n) is 1.90. The highest BCUT2D eigenvalue weighted by Gasteiger charge is 2.24. The van der Waals surface area contributed by atoms with E-state index >= 15 is 0 Å². The first kappa shape index (κ1) is 12.4. The number of likely N-dealkylation sites (tertiary alicyclic amines) is 1. The fourth-order valence-corrected chi connectivity index (χ4v) is 1.90. The Labute approximate surface area is 94.8 Å². The van der Waals surface area contributed by atoms with Crippen LogP contribution in [0.1, 0.15) is 19.3 Å². The van der Waals surface area contributed by atoms with Crippen molar-refractivity contribution in [2.45, 2.75) is 19.3 Å². The molecule has 0 aromatic rings. The Morgan fingerprint density at radius 3 is 2.94 bits per heavy atom. The van der Waals surface area contributed by atoms with E-state index in [1.165, 1.54) is 0 Å². The zero-order chi connectivity index (χ0) is 12.0. The SMILES string of the molecule is C#CCNC(=O)N1CCCC(CC(=O)O)C1. The monoisotopic (exact) mass is 224 g/mol. The molecular weight excluding hydrogens is 208 g/mol. The van der Waals surface area contributed by atoms with Crippen molar-refractivity contribution in [3.05, 3.63) is 0 Å². The van der Waals surface area contributed by atoms with Gasteiger partial charge in [-0.25, -0.2) is 4.79 Å². The second-order valence-electron chi connectivity index (χ2n) is 3.91. The Balaban J connectivity index is 2.41. The van der Waals surface area contributed by atoms with Crippen molar-refractivity contribution in [3.8, 4) is 12.3 Å². The first-order valence-corrected chi connectivity index (χ1v) is 5.31. The predicted octanol–water partition coefficient (Wildman–Crippen LogP) is 0.516. The number of carboxylic acids is 1. The third-order valence-corrected chi connectivity index (χ3v) is 2.61. The minimum Gasteiger partial charge on any atom is -0.481 e. The van der Waals surface area contributed by atoms with Crippen molar-refractivity contribution in [1.82, 2.24) is 10.2 Å². The molecule has 0 bridgehead atoms. The topological polar surface area (TPSA) is 69.6 Å². The van der Waals surface area contributed by atoms with E-state index < -0.39 is 5.97 Å². The van der Waals surface area contributed by atoms with Crippen LogP contribution in [0.5, 0.6) is 0 Å². The number of nitrogens with zero attached hydrogens (tertiary/aromatic N) is 1. The van der Waals surface area contributed by atoms with Crippen LogP contribution in [-0.4, -0.2) is 41.6 Å². The van der Waals surface area contributed by atoms with Crippen molar-refractivity contribution in [1.29, 1.82) is 0 Å². The molecule has 1 rings (SSSR count). The summed E-state index contributed by atoms with van der Waals surface area (Å²) in [6.45, 7) is 1.38. The molecule has 2 amide bonds. The Bertz CT molecular complexity index is 309. The number of piperidine rings is 1. The van der Waals surface area contributed by atoms with E-state index in [1.54, 1.807) is 4.90 Å². The molecule has 1 aliphatic heterocycles. The highest BCUT2D eigenvalue weighted by Crippen LogP contribution is 2.19. The Morgan fingerprint density at radius 2 is 2.31 bits per heavy atom. The number of nitrogens with one attached hydrogen (secondary N) is 1. The smallest absolute Gasteiger partial charge is 0.318 e. The summed E-state index contributed by atoms with van der Waals surface area (Å²) in [6, 6.07) is -0.201. The highest BCUT2D eigenvalue weighted by atomic mass is 16.4. The van der Waals surface area contributed by atoms with Gasteiger partial charge in [-0.1, -0.05) is 5.92 Å². The van der Waals surface area contributed by atoms with Gasteiger partial charge >= 0.3 is 12.0 Å². The van der Waals surface area contributed by atoms with E-state index in [9.17, 15) is 9.59 Å². The average molecular weight is 224 g/mol. The number of amides is 2. The first-order chi connectivity index (χ1) is 7.63. The average Bonchev–Trinajstić information content (AvgIpc) is 2.25. The normalized spacial score (nSPS) is 19.9. The van der Waals surface area contributed by atoms with E-state index in [-0.39, 0.29) is 24.9 Å². The predicted molar refractivity (Wildman–Crippen MR) is 58.8 cm³/mol. The van der Waals surface area contributed by atoms with Gasteiger partial charge in [-0.3, -0.25) is 4.79 Å². The largest absolute Gasteiger partial charge is 0.481 e. The van der Waals surface area contributed by atoms with Gasteiger partial charge in [0, 0.05) is 19.5 Å². The summed E-state index contributed by atoms with van der Waals surface area (Å²) in [6.07, 6.45) is 6.88. The minimum atomic E-state index is -0.809. The number of carboxylic acid groups (broad SMARTS) is 1. The van der Waals surface area contributed by atoms with Crippen LogP contribution >= 0.6 is 0 Å². The highest BCUT2D eigenvalue weighted by molar-refractivity contribution is 5.74. The van der Waals surface area contributed by atoms with Gasteiger partial charge in [0.2, 0.25) is 0 Å². The molecular formula is C11H16N2O3. The molecule has 1 fully saturated rings. The maximum Gasteiger partial charge on any atom is 0.318 e. The van der Waals surface area contributed by atoms with Crippen LogP contribution in [0.4, 0.5) is 4.79 Å². The van der Waals surface area contributed by atoms with Gasteiger partial charge in [0.25, 0.3) is 0 Å². The lowest BCUT2D eigenvalue weighted by Crippen LogP contribution is -2.45. The third kappa shape index (κ3) is 3.81. The summed E-state index contributed by atoms with van der Waals surface area (Å²) in [5, 5.41) is 11.3. The molecule has 88 valence electrons. The summed E-state index contributed by atoms with van der Waals surface area (Å²) in [5.41, 5.74) is 0. The second-order valence-corrected chi connectivity index (χ2v) is 3.91. The number of aliphatic carboxylic acids is 1. The molecule has 2 N–H and O–H groups in total. The molecule has 16 heavy (non-hydrogen) atoms. The number of rotatable bonds is 3. The van der Waals surface area contributed by atoms with E-state index in [2.05, 4.69) is 11.2 Å². The van der Waals surface area contributed by atoms with Gasteiger partial charge in [-0.15, -0.1) is 6.42 Å². The standard InChI is InChI=1S/C11H16N2O3/c1-2-5-12-11(16)13-6-3-4-9(8-13)7-10(14)15/h1,9H,3-8H2,(H,12,16)(H,14,15). The summed E-state index contributed by atoms with van der Waals surface area (Å²) in [4.78, 5) is 23.8.